The van der Waals surface area contributed by atoms with Crippen molar-refractivity contribution in [2.45, 2.75) is 18.4 Å². The molecule has 0 saturated carbocycles. The van der Waals surface area contributed by atoms with E-state index in [9.17, 15) is 9.90 Å². The molecule has 3 N–H and O–H groups in total. The fraction of sp³-hybridized carbons (Fsp3) is 0.333. The number of carbonyl (C=O) groups excluding carboxylic acids is 1. The molecule has 1 fully saturated rings. The Morgan fingerprint density at radius 3 is 2.78 bits per heavy atom. The topological polar surface area (TPSA) is 77.5 Å². The zero-order valence-corrected chi connectivity index (χ0v) is 15.6. The summed E-state index contributed by atoms with van der Waals surface area (Å²) in [5.74, 6) is 0. The molecule has 0 bridgehead atoms. The van der Waals surface area contributed by atoms with Crippen molar-refractivity contribution >= 4 is 23.9 Å². The third kappa shape index (κ3) is 5.91. The molecule has 1 aromatic heterocycles. The number of likely N-dealkylation sites (tertiary alicyclic amines) is 1. The van der Waals surface area contributed by atoms with Gasteiger partial charge in [0.25, 0.3) is 0 Å². The molecule has 27 heavy (non-hydrogen) atoms. The average Bonchev–Trinajstić information content (AvgIpc) is 2.69. The smallest absolute Gasteiger partial charge is 0.319 e. The number of aliphatic hydroxyl groups is 1. The highest BCUT2D eigenvalue weighted by Crippen LogP contribution is 2.20. The molecule has 1 aromatic carbocycles. The summed E-state index contributed by atoms with van der Waals surface area (Å²) in [5, 5.41) is 16.2. The first-order chi connectivity index (χ1) is 13.0. The molecule has 0 atom stereocenters. The summed E-state index contributed by atoms with van der Waals surface area (Å²) in [5.41, 5.74) is 1.72. The number of nitrogens with zero attached hydrogens (tertiary/aromatic N) is 2. The predicted molar refractivity (Wildman–Crippen MR) is 108 cm³/mol. The second-order valence-electron chi connectivity index (χ2n) is 7.05. The number of pyridine rings is 1. The largest absolute Gasteiger partial charge is 0.388 e. The lowest BCUT2D eigenvalue weighted by Gasteiger charge is -2.36. The van der Waals surface area contributed by atoms with Crippen LogP contribution in [0.5, 0.6) is 0 Å². The van der Waals surface area contributed by atoms with Crippen molar-refractivity contribution in [3.05, 3.63) is 59.9 Å². The SMILES string of the molecule is CN1CCC(O)(CNC(=O)Nc2cccc(C=Cc3ccccn3)c2)CC1. The fourth-order valence-electron chi connectivity index (χ4n) is 3.01. The first kappa shape index (κ1) is 19.1. The van der Waals surface area contributed by atoms with E-state index in [0.717, 1.165) is 24.3 Å². The van der Waals surface area contributed by atoms with Gasteiger partial charge in [0.05, 0.1) is 11.3 Å². The summed E-state index contributed by atoms with van der Waals surface area (Å²) in [6.07, 6.45) is 6.96. The van der Waals surface area contributed by atoms with Crippen molar-refractivity contribution in [1.82, 2.24) is 15.2 Å². The number of aromatic nitrogens is 1. The fourth-order valence-corrected chi connectivity index (χ4v) is 3.01. The Labute approximate surface area is 159 Å². The molecular weight excluding hydrogens is 340 g/mol. The van der Waals surface area contributed by atoms with Gasteiger partial charge in [0, 0.05) is 31.5 Å². The van der Waals surface area contributed by atoms with Gasteiger partial charge < -0.3 is 20.6 Å². The maximum atomic E-state index is 12.2. The van der Waals surface area contributed by atoms with E-state index >= 15 is 0 Å². The van der Waals surface area contributed by atoms with Crippen molar-refractivity contribution < 1.29 is 9.90 Å². The van der Waals surface area contributed by atoms with E-state index in [1.165, 1.54) is 0 Å². The number of hydrogen-bond acceptors (Lipinski definition) is 4. The van der Waals surface area contributed by atoms with Crippen LogP contribution >= 0.6 is 0 Å². The molecule has 2 heterocycles. The molecule has 3 rings (SSSR count). The molecule has 1 saturated heterocycles. The Morgan fingerprint density at radius 1 is 1.22 bits per heavy atom. The molecular formula is C21H26N4O2. The number of anilines is 1. The Hall–Kier alpha value is -2.70. The van der Waals surface area contributed by atoms with Crippen LogP contribution in [0.2, 0.25) is 0 Å². The molecule has 0 radical (unpaired) electrons. The minimum atomic E-state index is -0.822. The van der Waals surface area contributed by atoms with E-state index in [4.69, 9.17) is 0 Å². The zero-order valence-electron chi connectivity index (χ0n) is 15.6. The summed E-state index contributed by atoms with van der Waals surface area (Å²) < 4.78 is 0. The van der Waals surface area contributed by atoms with E-state index in [1.54, 1.807) is 6.20 Å². The van der Waals surface area contributed by atoms with E-state index < -0.39 is 5.60 Å². The van der Waals surface area contributed by atoms with Crippen molar-refractivity contribution in [2.24, 2.45) is 0 Å². The molecule has 142 valence electrons. The second-order valence-corrected chi connectivity index (χ2v) is 7.05. The third-order valence-electron chi connectivity index (χ3n) is 4.77. The normalized spacial score (nSPS) is 17.0. The van der Waals surface area contributed by atoms with Gasteiger partial charge in [-0.1, -0.05) is 24.3 Å². The lowest BCUT2D eigenvalue weighted by atomic mass is 9.92. The lowest BCUT2D eigenvalue weighted by molar-refractivity contribution is -0.0120. The Bertz CT molecular complexity index is 784. The minimum absolute atomic E-state index is 0.256. The number of hydrogen-bond donors (Lipinski definition) is 3. The van der Waals surface area contributed by atoms with Crippen LogP contribution in [0.3, 0.4) is 0 Å². The Kier molecular flexibility index (Phi) is 6.21. The molecule has 6 nitrogen and oxygen atoms in total. The number of nitrogens with one attached hydrogen (secondary N) is 2. The molecule has 0 aliphatic carbocycles. The first-order valence-electron chi connectivity index (χ1n) is 9.17. The summed E-state index contributed by atoms with van der Waals surface area (Å²) >= 11 is 0. The van der Waals surface area contributed by atoms with Gasteiger partial charge in [-0.05, 0) is 55.8 Å². The van der Waals surface area contributed by atoms with Crippen LogP contribution < -0.4 is 10.6 Å². The first-order valence-corrected chi connectivity index (χ1v) is 9.17. The Balaban J connectivity index is 1.53. The van der Waals surface area contributed by atoms with Crippen molar-refractivity contribution in [3.63, 3.8) is 0 Å². The van der Waals surface area contributed by atoms with Gasteiger partial charge in [-0.25, -0.2) is 4.79 Å². The highest BCUT2D eigenvalue weighted by Gasteiger charge is 2.31. The summed E-state index contributed by atoms with van der Waals surface area (Å²) in [7, 11) is 2.04. The number of benzene rings is 1. The maximum Gasteiger partial charge on any atom is 0.319 e. The predicted octanol–water partition coefficient (Wildman–Crippen LogP) is 2.83. The van der Waals surface area contributed by atoms with Gasteiger partial charge in [-0.2, -0.15) is 0 Å². The van der Waals surface area contributed by atoms with Crippen molar-refractivity contribution in [2.75, 3.05) is 32.0 Å². The molecule has 1 aliphatic heterocycles. The third-order valence-corrected chi connectivity index (χ3v) is 4.77. The molecule has 2 amide bonds. The average molecular weight is 366 g/mol. The van der Waals surface area contributed by atoms with Crippen LogP contribution in [-0.4, -0.2) is 53.3 Å². The van der Waals surface area contributed by atoms with Crippen LogP contribution in [0.1, 0.15) is 24.1 Å². The summed E-state index contributed by atoms with van der Waals surface area (Å²) in [4.78, 5) is 18.6. The van der Waals surface area contributed by atoms with E-state index in [-0.39, 0.29) is 12.6 Å². The van der Waals surface area contributed by atoms with Crippen molar-refractivity contribution in [1.29, 1.82) is 0 Å². The van der Waals surface area contributed by atoms with Gasteiger partial charge in [0.15, 0.2) is 0 Å². The van der Waals surface area contributed by atoms with Crippen LogP contribution in [0.4, 0.5) is 10.5 Å². The molecule has 6 heteroatoms. The second kappa shape index (κ2) is 8.79. The van der Waals surface area contributed by atoms with Crippen LogP contribution in [-0.2, 0) is 0 Å². The maximum absolute atomic E-state index is 12.2. The van der Waals surface area contributed by atoms with Crippen LogP contribution in [0, 0.1) is 0 Å². The molecule has 2 aromatic rings. The molecule has 0 spiro atoms. The van der Waals surface area contributed by atoms with Gasteiger partial charge >= 0.3 is 6.03 Å². The molecule has 0 unspecified atom stereocenters. The highest BCUT2D eigenvalue weighted by atomic mass is 16.3. The monoisotopic (exact) mass is 366 g/mol. The van der Waals surface area contributed by atoms with E-state index in [1.807, 2.05) is 61.7 Å². The van der Waals surface area contributed by atoms with Crippen molar-refractivity contribution in [3.8, 4) is 0 Å². The minimum Gasteiger partial charge on any atom is -0.388 e. The van der Waals surface area contributed by atoms with Gasteiger partial charge in [-0.15, -0.1) is 0 Å². The van der Waals surface area contributed by atoms with Gasteiger partial charge in [0.1, 0.15) is 0 Å². The quantitative estimate of drug-likeness (QED) is 0.760. The van der Waals surface area contributed by atoms with Gasteiger partial charge in [0.2, 0.25) is 0 Å². The summed E-state index contributed by atoms with van der Waals surface area (Å²) in [6, 6.07) is 13.0. The standard InChI is InChI=1S/C21H26N4O2/c1-25-13-10-21(27,11-14-25)16-23-20(26)24-19-7-4-5-17(15-19)8-9-18-6-2-3-12-22-18/h2-9,12,15,27H,10-11,13-14,16H2,1H3,(H2,23,24,26). The Morgan fingerprint density at radius 2 is 2.04 bits per heavy atom. The number of amides is 2. The number of carbonyl (C=O) groups is 1. The number of rotatable bonds is 5. The lowest BCUT2D eigenvalue weighted by Crippen LogP contribution is -2.50. The van der Waals surface area contributed by atoms with E-state index in [0.29, 0.717) is 18.5 Å². The zero-order chi connectivity index (χ0) is 19.1. The van der Waals surface area contributed by atoms with E-state index in [2.05, 4.69) is 20.5 Å². The van der Waals surface area contributed by atoms with Gasteiger partial charge in [-0.3, -0.25) is 4.98 Å². The van der Waals surface area contributed by atoms with Crippen LogP contribution in [0.25, 0.3) is 12.2 Å². The van der Waals surface area contributed by atoms with Crippen LogP contribution in [0.15, 0.2) is 48.7 Å². The summed E-state index contributed by atoms with van der Waals surface area (Å²) in [6.45, 7) is 1.93. The number of piperidine rings is 1. The highest BCUT2D eigenvalue weighted by molar-refractivity contribution is 5.89. The number of urea groups is 1. The molecule has 1 aliphatic rings.